The van der Waals surface area contributed by atoms with E-state index >= 15 is 0 Å². The zero-order valence-electron chi connectivity index (χ0n) is 19.4. The van der Waals surface area contributed by atoms with Gasteiger partial charge < -0.3 is 19.9 Å². The number of piperidine rings is 1. The summed E-state index contributed by atoms with van der Waals surface area (Å²) in [6.07, 6.45) is 2.35. The van der Waals surface area contributed by atoms with E-state index in [4.69, 9.17) is 4.74 Å². The van der Waals surface area contributed by atoms with Gasteiger partial charge in [-0.1, -0.05) is 0 Å². The normalized spacial score (nSPS) is 23.3. The lowest BCUT2D eigenvalue weighted by molar-refractivity contribution is -0.140. The Morgan fingerprint density at radius 1 is 1.14 bits per heavy atom. The number of nitrogens with zero attached hydrogens (tertiary/aromatic N) is 4. The van der Waals surface area contributed by atoms with Gasteiger partial charge in [0.2, 0.25) is 5.95 Å². The fourth-order valence-corrected chi connectivity index (χ4v) is 5.21. The van der Waals surface area contributed by atoms with E-state index in [0.717, 1.165) is 12.3 Å². The number of carbonyl (C=O) groups excluding carboxylic acids is 2. The second-order valence-electron chi connectivity index (χ2n) is 9.56. The fraction of sp³-hybridized carbons (Fsp3) is 0.500. The molecule has 1 N–H and O–H groups in total. The lowest BCUT2D eigenvalue weighted by atomic mass is 9.89. The third-order valence-corrected chi connectivity index (χ3v) is 6.81. The van der Waals surface area contributed by atoms with Gasteiger partial charge in [-0.2, -0.15) is 0 Å². The Kier molecular flexibility index (Phi) is 5.90. The molecule has 35 heavy (non-hydrogen) atoms. The van der Waals surface area contributed by atoms with Crippen molar-refractivity contribution in [3.05, 3.63) is 53.1 Å². The first kappa shape index (κ1) is 23.5. The van der Waals surface area contributed by atoms with Crippen LogP contribution in [0.15, 0.2) is 24.4 Å². The van der Waals surface area contributed by atoms with E-state index in [1.165, 1.54) is 12.1 Å². The van der Waals surface area contributed by atoms with E-state index < -0.39 is 41.2 Å². The lowest BCUT2D eigenvalue weighted by Gasteiger charge is -2.37. The number of fused-ring (bicyclic) bond motifs is 1. The second-order valence-corrected chi connectivity index (χ2v) is 9.56. The number of halogens is 3. The molecule has 5 rings (SSSR count). The van der Waals surface area contributed by atoms with Gasteiger partial charge in [-0.25, -0.2) is 23.1 Å². The molecule has 1 aromatic heterocycles. The number of benzene rings is 1. The van der Waals surface area contributed by atoms with Gasteiger partial charge >= 0.3 is 0 Å². The molecule has 186 valence electrons. The monoisotopic (exact) mass is 489 g/mol. The number of hydrogen-bond acceptors (Lipinski definition) is 6. The van der Waals surface area contributed by atoms with Crippen molar-refractivity contribution < 1.29 is 27.5 Å². The van der Waals surface area contributed by atoms with Crippen molar-refractivity contribution in [2.75, 3.05) is 18.0 Å². The van der Waals surface area contributed by atoms with Crippen molar-refractivity contribution in [1.82, 2.24) is 20.2 Å². The van der Waals surface area contributed by atoms with Crippen LogP contribution in [0.2, 0.25) is 0 Å². The van der Waals surface area contributed by atoms with Crippen LogP contribution in [-0.2, 0) is 9.53 Å². The number of carbonyl (C=O) groups is 2. The zero-order chi connectivity index (χ0) is 24.9. The highest BCUT2D eigenvalue weighted by atomic mass is 19.1. The Bertz CT molecular complexity index is 1150. The van der Waals surface area contributed by atoms with Gasteiger partial charge in [0.15, 0.2) is 17.1 Å². The van der Waals surface area contributed by atoms with Gasteiger partial charge in [-0.3, -0.25) is 9.59 Å². The highest BCUT2D eigenvalue weighted by molar-refractivity contribution is 5.93. The van der Waals surface area contributed by atoms with Crippen molar-refractivity contribution >= 4 is 17.8 Å². The molecule has 3 fully saturated rings. The summed E-state index contributed by atoms with van der Waals surface area (Å²) >= 11 is 0. The minimum atomic E-state index is -1.04. The average Bonchev–Trinajstić information content (AvgIpc) is 3.32. The maximum atomic E-state index is 14.2. The van der Waals surface area contributed by atoms with Crippen LogP contribution in [0.4, 0.5) is 19.1 Å². The first-order valence-corrected chi connectivity index (χ1v) is 11.7. The summed E-state index contributed by atoms with van der Waals surface area (Å²) < 4.78 is 48.0. The summed E-state index contributed by atoms with van der Waals surface area (Å²) in [4.78, 5) is 37.4. The largest absolute Gasteiger partial charge is 0.348 e. The molecule has 11 heteroatoms. The van der Waals surface area contributed by atoms with Crippen LogP contribution < -0.4 is 10.2 Å². The van der Waals surface area contributed by atoms with Gasteiger partial charge in [0.1, 0.15) is 17.9 Å². The summed E-state index contributed by atoms with van der Waals surface area (Å²) in [6, 6.07) is 2.71. The minimum absolute atomic E-state index is 0.178. The highest BCUT2D eigenvalue weighted by Gasteiger charge is 2.58. The molecule has 1 spiro atoms. The molecule has 3 aliphatic heterocycles. The van der Waals surface area contributed by atoms with Crippen molar-refractivity contribution in [2.24, 2.45) is 0 Å². The van der Waals surface area contributed by atoms with E-state index in [1.807, 2.05) is 0 Å². The van der Waals surface area contributed by atoms with Crippen molar-refractivity contribution in [3.8, 4) is 0 Å². The molecule has 2 aromatic rings. The van der Waals surface area contributed by atoms with Gasteiger partial charge in [-0.15, -0.1) is 0 Å². The minimum Gasteiger partial charge on any atom is -0.348 e. The zero-order valence-corrected chi connectivity index (χ0v) is 19.4. The predicted octanol–water partition coefficient (Wildman–Crippen LogP) is 3.09. The van der Waals surface area contributed by atoms with Gasteiger partial charge in [-0.05, 0) is 44.4 Å². The maximum Gasteiger partial charge on any atom is 0.273 e. The van der Waals surface area contributed by atoms with Crippen molar-refractivity contribution in [2.45, 2.75) is 63.4 Å². The van der Waals surface area contributed by atoms with Crippen LogP contribution in [0, 0.1) is 17.5 Å². The molecular weight excluding hydrogens is 463 g/mol. The SMILES string of the molecule is CC(C)NC(=O)c1nc(N2CCC3(CC2)O[C@@H]2CC[C@@H](c4cc(F)cc(F)c4)N2C3=O)ncc1F. The van der Waals surface area contributed by atoms with E-state index in [-0.39, 0.29) is 23.6 Å². The number of nitrogens with one attached hydrogen (secondary N) is 1. The molecule has 3 aliphatic rings. The number of ether oxygens (including phenoxy) is 1. The van der Waals surface area contributed by atoms with E-state index in [9.17, 15) is 22.8 Å². The number of rotatable bonds is 4. The Morgan fingerprint density at radius 3 is 2.49 bits per heavy atom. The van der Waals surface area contributed by atoms with E-state index in [1.54, 1.807) is 23.6 Å². The quantitative estimate of drug-likeness (QED) is 0.710. The van der Waals surface area contributed by atoms with Crippen LogP contribution in [0.5, 0.6) is 0 Å². The molecule has 2 atom stereocenters. The van der Waals surface area contributed by atoms with Gasteiger partial charge in [0.05, 0.1) is 12.2 Å². The van der Waals surface area contributed by atoms with Crippen LogP contribution >= 0.6 is 0 Å². The summed E-state index contributed by atoms with van der Waals surface area (Å²) in [5.41, 5.74) is -0.949. The molecule has 4 heterocycles. The standard InChI is InChI=1S/C24H26F3N5O3/c1-13(2)29-21(33)20-17(27)12-28-23(30-20)31-7-5-24(6-8-31)22(34)32-18(3-4-19(32)35-24)14-9-15(25)11-16(26)10-14/h9-13,18-19H,3-8H2,1-2H3,(H,29,33)/t18-,19+/m0/s1. The Morgan fingerprint density at radius 2 is 1.83 bits per heavy atom. The van der Waals surface area contributed by atoms with Crippen LogP contribution in [0.25, 0.3) is 0 Å². The van der Waals surface area contributed by atoms with Crippen LogP contribution in [-0.4, -0.2) is 57.6 Å². The summed E-state index contributed by atoms with van der Waals surface area (Å²) in [7, 11) is 0. The Balaban J connectivity index is 1.31. The Labute approximate surface area is 200 Å². The molecule has 0 radical (unpaired) electrons. The first-order chi connectivity index (χ1) is 16.7. The highest BCUT2D eigenvalue weighted by Crippen LogP contribution is 2.48. The lowest BCUT2D eigenvalue weighted by Crippen LogP contribution is -2.51. The second kappa shape index (κ2) is 8.78. The molecule has 1 aromatic carbocycles. The molecule has 0 bridgehead atoms. The van der Waals surface area contributed by atoms with Crippen LogP contribution in [0.1, 0.15) is 61.6 Å². The number of hydrogen-bond donors (Lipinski definition) is 1. The summed E-state index contributed by atoms with van der Waals surface area (Å²) in [6.45, 7) is 4.26. The van der Waals surface area contributed by atoms with Gasteiger partial charge in [0.25, 0.3) is 11.8 Å². The summed E-state index contributed by atoms with van der Waals surface area (Å²) in [5, 5.41) is 2.62. The van der Waals surface area contributed by atoms with Gasteiger partial charge in [0, 0.05) is 38.0 Å². The summed E-state index contributed by atoms with van der Waals surface area (Å²) in [5.74, 6) is -2.78. The first-order valence-electron chi connectivity index (χ1n) is 11.7. The maximum absolute atomic E-state index is 14.2. The van der Waals surface area contributed by atoms with Crippen molar-refractivity contribution in [3.63, 3.8) is 0 Å². The van der Waals surface area contributed by atoms with E-state index in [0.29, 0.717) is 44.3 Å². The molecule has 3 saturated heterocycles. The number of aromatic nitrogens is 2. The smallest absolute Gasteiger partial charge is 0.273 e. The molecular formula is C24H26F3N5O3. The van der Waals surface area contributed by atoms with Crippen LogP contribution in [0.3, 0.4) is 0 Å². The molecule has 2 amide bonds. The average molecular weight is 489 g/mol. The third-order valence-electron chi connectivity index (χ3n) is 6.81. The number of amides is 2. The fourth-order valence-electron chi connectivity index (χ4n) is 5.21. The Hall–Kier alpha value is -3.21. The van der Waals surface area contributed by atoms with E-state index in [2.05, 4.69) is 15.3 Å². The molecule has 0 unspecified atom stereocenters. The molecule has 0 saturated carbocycles. The topological polar surface area (TPSA) is 87.7 Å². The number of anilines is 1. The molecule has 0 aliphatic carbocycles. The third kappa shape index (κ3) is 4.22. The molecule has 8 nitrogen and oxygen atoms in total. The van der Waals surface area contributed by atoms with Crippen molar-refractivity contribution in [1.29, 1.82) is 0 Å². The predicted molar refractivity (Wildman–Crippen MR) is 119 cm³/mol.